The van der Waals surface area contributed by atoms with Gasteiger partial charge in [0.2, 0.25) is 0 Å². The van der Waals surface area contributed by atoms with E-state index in [0.717, 1.165) is 25.9 Å². The molecule has 108 valence electrons. The predicted octanol–water partition coefficient (Wildman–Crippen LogP) is 1.76. The average molecular weight is 268 g/mol. The first-order valence-electron chi connectivity index (χ1n) is 6.56. The van der Waals surface area contributed by atoms with Gasteiger partial charge in [-0.15, -0.1) is 0 Å². The van der Waals surface area contributed by atoms with Gasteiger partial charge in [0.25, 0.3) is 0 Å². The molecule has 1 rings (SSSR count). The lowest BCUT2D eigenvalue weighted by molar-refractivity contribution is -0.138. The van der Waals surface area contributed by atoms with E-state index in [9.17, 15) is 13.2 Å². The third-order valence-electron chi connectivity index (χ3n) is 3.38. The van der Waals surface area contributed by atoms with Crippen molar-refractivity contribution in [3.8, 4) is 0 Å². The Morgan fingerprint density at radius 3 is 2.44 bits per heavy atom. The van der Waals surface area contributed by atoms with E-state index in [1.54, 1.807) is 0 Å². The fraction of sp³-hybridized carbons (Fsp3) is 1.00. The molecule has 1 unspecified atom stereocenters. The molecule has 0 aromatic rings. The van der Waals surface area contributed by atoms with Crippen molar-refractivity contribution in [2.24, 2.45) is 0 Å². The zero-order valence-electron chi connectivity index (χ0n) is 10.8. The first-order valence-corrected chi connectivity index (χ1v) is 6.56. The number of aliphatic hydroxyl groups is 1. The number of halogens is 3. The van der Waals surface area contributed by atoms with Crippen LogP contribution in [-0.2, 0) is 0 Å². The largest absolute Gasteiger partial charge is 0.396 e. The van der Waals surface area contributed by atoms with Crippen molar-refractivity contribution in [1.82, 2.24) is 10.2 Å². The average Bonchev–Trinajstić information content (AvgIpc) is 2.27. The molecule has 6 heteroatoms. The van der Waals surface area contributed by atoms with Gasteiger partial charge in [-0.1, -0.05) is 0 Å². The summed E-state index contributed by atoms with van der Waals surface area (Å²) in [6.45, 7) is 3.74. The SMILES string of the molecule is CC(CCO)NC1CCN(CCC(F)(F)F)CC1. The fourth-order valence-electron chi connectivity index (χ4n) is 2.29. The summed E-state index contributed by atoms with van der Waals surface area (Å²) < 4.78 is 36.2. The molecule has 0 spiro atoms. The monoisotopic (exact) mass is 268 g/mol. The van der Waals surface area contributed by atoms with E-state index in [1.807, 2.05) is 11.8 Å². The first kappa shape index (κ1) is 15.7. The van der Waals surface area contributed by atoms with Crippen LogP contribution in [0.5, 0.6) is 0 Å². The number of alkyl halides is 3. The van der Waals surface area contributed by atoms with Crippen LogP contribution in [-0.4, -0.2) is 54.5 Å². The summed E-state index contributed by atoms with van der Waals surface area (Å²) in [6.07, 6.45) is -2.29. The lowest BCUT2D eigenvalue weighted by atomic mass is 10.0. The maximum Gasteiger partial charge on any atom is 0.390 e. The third kappa shape index (κ3) is 6.56. The van der Waals surface area contributed by atoms with Gasteiger partial charge in [0.05, 0.1) is 6.42 Å². The topological polar surface area (TPSA) is 35.5 Å². The number of hydrogen-bond acceptors (Lipinski definition) is 3. The lowest BCUT2D eigenvalue weighted by Crippen LogP contribution is -2.46. The summed E-state index contributed by atoms with van der Waals surface area (Å²) in [5.41, 5.74) is 0. The Labute approximate surface area is 106 Å². The number of hydrogen-bond donors (Lipinski definition) is 2. The molecule has 0 aromatic carbocycles. The van der Waals surface area contributed by atoms with E-state index >= 15 is 0 Å². The Kier molecular flexibility index (Phi) is 6.38. The van der Waals surface area contributed by atoms with Crippen LogP contribution in [0.2, 0.25) is 0 Å². The van der Waals surface area contributed by atoms with Crippen LogP contribution in [0.25, 0.3) is 0 Å². The zero-order chi connectivity index (χ0) is 13.6. The Balaban J connectivity index is 2.16. The van der Waals surface area contributed by atoms with Crippen molar-refractivity contribution in [3.05, 3.63) is 0 Å². The van der Waals surface area contributed by atoms with E-state index in [-0.39, 0.29) is 19.2 Å². The minimum absolute atomic E-state index is 0.114. The maximum absolute atomic E-state index is 12.1. The van der Waals surface area contributed by atoms with Crippen LogP contribution >= 0.6 is 0 Å². The van der Waals surface area contributed by atoms with E-state index < -0.39 is 12.6 Å². The molecule has 1 heterocycles. The molecule has 1 atom stereocenters. The number of aliphatic hydroxyl groups excluding tert-OH is 1. The van der Waals surface area contributed by atoms with Crippen LogP contribution in [0.1, 0.15) is 32.6 Å². The highest BCUT2D eigenvalue weighted by atomic mass is 19.4. The van der Waals surface area contributed by atoms with Crippen LogP contribution in [0.15, 0.2) is 0 Å². The highest BCUT2D eigenvalue weighted by Crippen LogP contribution is 2.21. The van der Waals surface area contributed by atoms with E-state index in [4.69, 9.17) is 5.11 Å². The predicted molar refractivity (Wildman–Crippen MR) is 64.4 cm³/mol. The van der Waals surface area contributed by atoms with Crippen molar-refractivity contribution in [2.75, 3.05) is 26.2 Å². The second kappa shape index (κ2) is 7.31. The number of nitrogens with zero attached hydrogens (tertiary/aromatic N) is 1. The van der Waals surface area contributed by atoms with Crippen LogP contribution in [0.4, 0.5) is 13.2 Å². The number of nitrogens with one attached hydrogen (secondary N) is 1. The van der Waals surface area contributed by atoms with E-state index in [0.29, 0.717) is 12.5 Å². The van der Waals surface area contributed by atoms with Gasteiger partial charge in [0.1, 0.15) is 0 Å². The van der Waals surface area contributed by atoms with Gasteiger partial charge in [0.15, 0.2) is 0 Å². The Bertz CT molecular complexity index is 228. The van der Waals surface area contributed by atoms with Gasteiger partial charge in [-0.25, -0.2) is 0 Å². The maximum atomic E-state index is 12.1. The molecule has 0 radical (unpaired) electrons. The molecule has 0 amide bonds. The quantitative estimate of drug-likeness (QED) is 0.770. The van der Waals surface area contributed by atoms with Crippen molar-refractivity contribution in [2.45, 2.75) is 50.9 Å². The second-order valence-electron chi connectivity index (χ2n) is 5.06. The molecule has 3 nitrogen and oxygen atoms in total. The smallest absolute Gasteiger partial charge is 0.390 e. The summed E-state index contributed by atoms with van der Waals surface area (Å²) in [7, 11) is 0. The number of likely N-dealkylation sites (tertiary alicyclic amines) is 1. The molecule has 0 saturated carbocycles. The summed E-state index contributed by atoms with van der Waals surface area (Å²) in [4.78, 5) is 1.88. The molecule has 0 bridgehead atoms. The second-order valence-corrected chi connectivity index (χ2v) is 5.06. The van der Waals surface area contributed by atoms with Crippen LogP contribution in [0, 0.1) is 0 Å². The molecule has 18 heavy (non-hydrogen) atoms. The van der Waals surface area contributed by atoms with Crippen molar-refractivity contribution < 1.29 is 18.3 Å². The van der Waals surface area contributed by atoms with Crippen molar-refractivity contribution in [3.63, 3.8) is 0 Å². The molecule has 1 aliphatic heterocycles. The van der Waals surface area contributed by atoms with Gasteiger partial charge in [-0.05, 0) is 39.3 Å². The summed E-state index contributed by atoms with van der Waals surface area (Å²) in [5.74, 6) is 0. The Morgan fingerprint density at radius 2 is 1.94 bits per heavy atom. The Morgan fingerprint density at radius 1 is 1.33 bits per heavy atom. The minimum atomic E-state index is -4.05. The fourth-order valence-corrected chi connectivity index (χ4v) is 2.29. The van der Waals surface area contributed by atoms with Gasteiger partial charge in [0, 0.05) is 25.2 Å². The third-order valence-corrected chi connectivity index (χ3v) is 3.38. The molecular weight excluding hydrogens is 245 g/mol. The standard InChI is InChI=1S/C12H23F3N2O/c1-10(4-9-18)16-11-2-6-17(7-3-11)8-5-12(13,14)15/h10-11,16,18H,2-9H2,1H3. The highest BCUT2D eigenvalue weighted by molar-refractivity contribution is 4.79. The van der Waals surface area contributed by atoms with Gasteiger partial charge >= 0.3 is 6.18 Å². The Hall–Kier alpha value is -0.330. The zero-order valence-corrected chi connectivity index (χ0v) is 10.8. The van der Waals surface area contributed by atoms with Gasteiger partial charge in [-0.3, -0.25) is 0 Å². The molecular formula is C12H23F3N2O. The van der Waals surface area contributed by atoms with Gasteiger partial charge < -0.3 is 15.3 Å². The highest BCUT2D eigenvalue weighted by Gasteiger charge is 2.29. The minimum Gasteiger partial charge on any atom is -0.396 e. The summed E-state index contributed by atoms with van der Waals surface area (Å²) >= 11 is 0. The molecule has 0 aliphatic carbocycles. The van der Waals surface area contributed by atoms with Crippen molar-refractivity contribution in [1.29, 1.82) is 0 Å². The van der Waals surface area contributed by atoms with E-state index in [1.165, 1.54) is 0 Å². The molecule has 1 saturated heterocycles. The van der Waals surface area contributed by atoms with Crippen LogP contribution in [0.3, 0.4) is 0 Å². The lowest BCUT2D eigenvalue weighted by Gasteiger charge is -2.34. The molecule has 1 aliphatic rings. The van der Waals surface area contributed by atoms with E-state index in [2.05, 4.69) is 5.32 Å². The summed E-state index contributed by atoms with van der Waals surface area (Å²) in [6, 6.07) is 0.635. The van der Waals surface area contributed by atoms with Crippen LogP contribution < -0.4 is 5.32 Å². The number of piperidine rings is 1. The molecule has 2 N–H and O–H groups in total. The van der Waals surface area contributed by atoms with Gasteiger partial charge in [-0.2, -0.15) is 13.2 Å². The number of rotatable bonds is 6. The van der Waals surface area contributed by atoms with Crippen molar-refractivity contribution >= 4 is 0 Å². The molecule has 1 fully saturated rings. The molecule has 0 aromatic heterocycles. The summed E-state index contributed by atoms with van der Waals surface area (Å²) in [5, 5.41) is 12.2. The first-order chi connectivity index (χ1) is 8.40. The normalized spacial score (nSPS) is 21.2.